The lowest BCUT2D eigenvalue weighted by molar-refractivity contribution is -0.137. The second kappa shape index (κ2) is 8.78. The van der Waals surface area contributed by atoms with Gasteiger partial charge < -0.3 is 14.0 Å². The first-order valence-corrected chi connectivity index (χ1v) is 9.46. The van der Waals surface area contributed by atoms with E-state index in [4.69, 9.17) is 14.0 Å². The number of carbonyl (C=O) groups excluding carboxylic acids is 1. The van der Waals surface area contributed by atoms with Crippen LogP contribution in [0.3, 0.4) is 0 Å². The van der Waals surface area contributed by atoms with Crippen LogP contribution in [0.5, 0.6) is 0 Å². The molecule has 2 heterocycles. The lowest BCUT2D eigenvalue weighted by Crippen LogP contribution is -2.39. The van der Waals surface area contributed by atoms with E-state index in [1.165, 1.54) is 12.1 Å². The van der Waals surface area contributed by atoms with E-state index >= 15 is 0 Å². The average Bonchev–Trinajstić information content (AvgIpc) is 2.69. The molecule has 6 heteroatoms. The third-order valence-electron chi connectivity index (χ3n) is 4.64. The molecule has 30 heavy (non-hydrogen) atoms. The summed E-state index contributed by atoms with van der Waals surface area (Å²) in [7, 11) is 0. The zero-order valence-corrected chi connectivity index (χ0v) is 17.2. The van der Waals surface area contributed by atoms with Gasteiger partial charge in [-0.25, -0.2) is 9.59 Å². The number of ether oxygens (including phenoxy) is 1. The highest BCUT2D eigenvalue weighted by Crippen LogP contribution is 2.33. The smallest absolute Gasteiger partial charge is 0.358 e. The van der Waals surface area contributed by atoms with Gasteiger partial charge in [-0.05, 0) is 44.6 Å². The first-order chi connectivity index (χ1) is 14.2. The van der Waals surface area contributed by atoms with Crippen LogP contribution in [0.15, 0.2) is 80.8 Å². The van der Waals surface area contributed by atoms with Crippen molar-refractivity contribution < 1.29 is 18.8 Å². The molecule has 0 saturated carbocycles. The minimum absolute atomic E-state index is 0.375. The normalized spacial score (nSPS) is 18.6. The summed E-state index contributed by atoms with van der Waals surface area (Å²) in [6.07, 6.45) is 5.17. The van der Waals surface area contributed by atoms with Crippen molar-refractivity contribution in [2.24, 2.45) is 5.16 Å². The standard InChI is InChI=1S/C24H23NO5/c1-16-19(11-13-22(26)28-16)14-20-15-21(24(3,4)29-17(20)2)25-30-23(27)12-10-18-8-6-5-7-9-18/h5-14H,2,15H2,1,3-4H3/b12-10+,20-14-,25-21-. The third kappa shape index (κ3) is 5.23. The van der Waals surface area contributed by atoms with E-state index in [1.54, 1.807) is 19.1 Å². The molecule has 2 aromatic rings. The number of benzene rings is 1. The van der Waals surface area contributed by atoms with Gasteiger partial charge in [0.25, 0.3) is 0 Å². The van der Waals surface area contributed by atoms with Crippen molar-refractivity contribution in [3.63, 3.8) is 0 Å². The number of nitrogens with zero attached hydrogens (tertiary/aromatic N) is 1. The fraction of sp³-hybridized carbons (Fsp3) is 0.208. The maximum absolute atomic E-state index is 12.1. The molecule has 0 spiro atoms. The Morgan fingerprint density at radius 2 is 1.93 bits per heavy atom. The predicted octanol–water partition coefficient (Wildman–Crippen LogP) is 4.66. The summed E-state index contributed by atoms with van der Waals surface area (Å²) in [5.41, 5.74) is 1.72. The Labute approximate surface area is 174 Å². The lowest BCUT2D eigenvalue weighted by atomic mass is 9.90. The molecule has 6 nitrogen and oxygen atoms in total. The fourth-order valence-electron chi connectivity index (χ4n) is 2.91. The number of allylic oxidation sites excluding steroid dienone is 1. The number of hydrogen-bond acceptors (Lipinski definition) is 6. The lowest BCUT2D eigenvalue weighted by Gasteiger charge is -2.34. The van der Waals surface area contributed by atoms with Crippen LogP contribution < -0.4 is 5.63 Å². The highest BCUT2D eigenvalue weighted by molar-refractivity contribution is 5.97. The number of hydrogen-bond donors (Lipinski definition) is 0. The molecule has 1 saturated heterocycles. The van der Waals surface area contributed by atoms with E-state index in [1.807, 2.05) is 50.3 Å². The summed E-state index contributed by atoms with van der Waals surface area (Å²) in [6, 6.07) is 12.4. The molecule has 1 aromatic carbocycles. The van der Waals surface area contributed by atoms with Crippen molar-refractivity contribution in [3.8, 4) is 0 Å². The van der Waals surface area contributed by atoms with E-state index < -0.39 is 17.2 Å². The fourth-order valence-corrected chi connectivity index (χ4v) is 2.91. The van der Waals surface area contributed by atoms with Gasteiger partial charge in [0, 0.05) is 29.7 Å². The first kappa shape index (κ1) is 21.0. The van der Waals surface area contributed by atoms with Crippen LogP contribution in [0, 0.1) is 6.92 Å². The number of carbonyl (C=O) groups is 1. The van der Waals surface area contributed by atoms with Gasteiger partial charge in [-0.1, -0.05) is 42.1 Å². The van der Waals surface area contributed by atoms with Crippen molar-refractivity contribution in [2.45, 2.75) is 32.8 Å². The van der Waals surface area contributed by atoms with Crippen LogP contribution in [0.2, 0.25) is 0 Å². The van der Waals surface area contributed by atoms with Gasteiger partial charge in [0.2, 0.25) is 0 Å². The van der Waals surface area contributed by atoms with Gasteiger partial charge in [0.1, 0.15) is 22.8 Å². The van der Waals surface area contributed by atoms with Crippen molar-refractivity contribution in [1.29, 1.82) is 0 Å². The van der Waals surface area contributed by atoms with Gasteiger partial charge in [0.15, 0.2) is 0 Å². The molecule has 1 fully saturated rings. The quantitative estimate of drug-likeness (QED) is 0.420. The molecule has 0 aliphatic carbocycles. The second-order valence-corrected chi connectivity index (χ2v) is 7.34. The minimum Gasteiger partial charge on any atom is -0.482 e. The maximum Gasteiger partial charge on any atom is 0.358 e. The molecule has 0 unspecified atom stereocenters. The zero-order chi connectivity index (χ0) is 21.7. The van der Waals surface area contributed by atoms with Crippen LogP contribution >= 0.6 is 0 Å². The molecular weight excluding hydrogens is 382 g/mol. The van der Waals surface area contributed by atoms with Crippen molar-refractivity contribution in [2.75, 3.05) is 0 Å². The van der Waals surface area contributed by atoms with Crippen LogP contribution in [0.4, 0.5) is 0 Å². The van der Waals surface area contributed by atoms with Crippen LogP contribution in [-0.4, -0.2) is 17.3 Å². The summed E-state index contributed by atoms with van der Waals surface area (Å²) in [5, 5.41) is 4.05. The topological polar surface area (TPSA) is 78.1 Å². The SMILES string of the molecule is C=C1OC(C)(C)/C(=N\OC(=O)/C=C/c2ccccc2)C/C1=C/c1ccc(=O)oc1C. The molecule has 3 rings (SSSR count). The molecule has 0 amide bonds. The number of oxime groups is 1. The Hall–Kier alpha value is -3.67. The van der Waals surface area contributed by atoms with E-state index in [2.05, 4.69) is 11.7 Å². The highest BCUT2D eigenvalue weighted by Gasteiger charge is 2.35. The molecule has 0 radical (unpaired) electrons. The summed E-state index contributed by atoms with van der Waals surface area (Å²) < 4.78 is 11.0. The van der Waals surface area contributed by atoms with E-state index in [-0.39, 0.29) is 0 Å². The van der Waals surface area contributed by atoms with E-state index in [0.29, 0.717) is 23.7 Å². The number of rotatable bonds is 4. The average molecular weight is 405 g/mol. The maximum atomic E-state index is 12.1. The van der Waals surface area contributed by atoms with Crippen LogP contribution in [0.25, 0.3) is 12.2 Å². The van der Waals surface area contributed by atoms with Gasteiger partial charge in [-0.15, -0.1) is 0 Å². The van der Waals surface area contributed by atoms with Crippen LogP contribution in [0.1, 0.15) is 37.2 Å². The molecule has 0 bridgehead atoms. The van der Waals surface area contributed by atoms with Crippen molar-refractivity contribution in [3.05, 3.63) is 93.8 Å². The Bertz CT molecular complexity index is 1100. The van der Waals surface area contributed by atoms with Gasteiger partial charge in [-0.3, -0.25) is 0 Å². The predicted molar refractivity (Wildman–Crippen MR) is 116 cm³/mol. The Kier molecular flexibility index (Phi) is 6.16. The zero-order valence-electron chi connectivity index (χ0n) is 17.2. The van der Waals surface area contributed by atoms with Gasteiger partial charge in [-0.2, -0.15) is 0 Å². The number of aryl methyl sites for hydroxylation is 1. The van der Waals surface area contributed by atoms with Crippen molar-refractivity contribution >= 4 is 23.8 Å². The largest absolute Gasteiger partial charge is 0.482 e. The second-order valence-electron chi connectivity index (χ2n) is 7.34. The molecule has 0 N–H and O–H groups in total. The monoisotopic (exact) mass is 405 g/mol. The van der Waals surface area contributed by atoms with E-state index in [9.17, 15) is 9.59 Å². The Balaban J connectivity index is 1.78. The highest BCUT2D eigenvalue weighted by atomic mass is 16.7. The first-order valence-electron chi connectivity index (χ1n) is 9.46. The molecule has 0 atom stereocenters. The van der Waals surface area contributed by atoms with E-state index in [0.717, 1.165) is 16.7 Å². The Morgan fingerprint density at radius 3 is 2.63 bits per heavy atom. The molecule has 1 aliphatic rings. The molecular formula is C24H23NO5. The summed E-state index contributed by atoms with van der Waals surface area (Å²) in [4.78, 5) is 28.5. The van der Waals surface area contributed by atoms with Crippen LogP contribution in [-0.2, 0) is 14.4 Å². The summed E-state index contributed by atoms with van der Waals surface area (Å²) in [6.45, 7) is 9.33. The van der Waals surface area contributed by atoms with Gasteiger partial charge in [0.05, 0.1) is 0 Å². The molecule has 154 valence electrons. The third-order valence-corrected chi connectivity index (χ3v) is 4.64. The van der Waals surface area contributed by atoms with Gasteiger partial charge >= 0.3 is 11.6 Å². The molecule has 1 aliphatic heterocycles. The Morgan fingerprint density at radius 1 is 1.20 bits per heavy atom. The van der Waals surface area contributed by atoms with Crippen molar-refractivity contribution in [1.82, 2.24) is 0 Å². The molecule has 1 aromatic heterocycles. The summed E-state index contributed by atoms with van der Waals surface area (Å²) in [5.74, 6) is 0.390. The minimum atomic E-state index is -0.782. The summed E-state index contributed by atoms with van der Waals surface area (Å²) >= 11 is 0.